The SMILES string of the molecule is C=C(CNCCC)CS(=O)(=O)NC(=O)Nc1c2c(cc3c1CCC3)CCC2. The highest BCUT2D eigenvalue weighted by atomic mass is 32.2. The number of anilines is 1. The van der Waals surface area contributed by atoms with Crippen LogP contribution in [0.3, 0.4) is 0 Å². The fourth-order valence-corrected chi connectivity index (χ4v) is 5.09. The van der Waals surface area contributed by atoms with Crippen molar-refractivity contribution in [3.8, 4) is 0 Å². The Morgan fingerprint density at radius 2 is 1.74 bits per heavy atom. The second-order valence-corrected chi connectivity index (χ2v) is 9.20. The summed E-state index contributed by atoms with van der Waals surface area (Å²) in [4.78, 5) is 12.4. The summed E-state index contributed by atoms with van der Waals surface area (Å²) in [5.41, 5.74) is 6.32. The maximum atomic E-state index is 12.4. The molecule has 0 bridgehead atoms. The molecule has 3 rings (SSSR count). The van der Waals surface area contributed by atoms with Gasteiger partial charge in [0.15, 0.2) is 0 Å². The van der Waals surface area contributed by atoms with E-state index in [1.807, 2.05) is 6.92 Å². The Bertz CT molecular complexity index is 814. The largest absolute Gasteiger partial charge is 0.332 e. The number of fused-ring (bicyclic) bond motifs is 2. The summed E-state index contributed by atoms with van der Waals surface area (Å²) in [7, 11) is -3.77. The second-order valence-electron chi connectivity index (χ2n) is 7.48. The molecular formula is C20H29N3O3S. The van der Waals surface area contributed by atoms with Crippen molar-refractivity contribution in [3.05, 3.63) is 40.5 Å². The van der Waals surface area contributed by atoms with Crippen molar-refractivity contribution in [1.82, 2.24) is 10.0 Å². The highest BCUT2D eigenvalue weighted by Gasteiger charge is 2.26. The van der Waals surface area contributed by atoms with E-state index in [9.17, 15) is 13.2 Å². The van der Waals surface area contributed by atoms with Gasteiger partial charge in [-0.25, -0.2) is 17.9 Å². The maximum absolute atomic E-state index is 12.4. The van der Waals surface area contributed by atoms with Crippen LogP contribution in [0.4, 0.5) is 10.5 Å². The topological polar surface area (TPSA) is 87.3 Å². The van der Waals surface area contributed by atoms with E-state index in [4.69, 9.17) is 0 Å². The predicted molar refractivity (Wildman–Crippen MR) is 109 cm³/mol. The summed E-state index contributed by atoms with van der Waals surface area (Å²) in [6.07, 6.45) is 7.06. The summed E-state index contributed by atoms with van der Waals surface area (Å²) >= 11 is 0. The minimum Gasteiger partial charge on any atom is -0.313 e. The average molecular weight is 392 g/mol. The first-order valence-electron chi connectivity index (χ1n) is 9.75. The highest BCUT2D eigenvalue weighted by molar-refractivity contribution is 7.90. The smallest absolute Gasteiger partial charge is 0.313 e. The number of amides is 2. The molecular weight excluding hydrogens is 362 g/mol. The highest BCUT2D eigenvalue weighted by Crippen LogP contribution is 2.38. The summed E-state index contributed by atoms with van der Waals surface area (Å²) in [5, 5.41) is 5.96. The molecule has 0 heterocycles. The van der Waals surface area contributed by atoms with Gasteiger partial charge >= 0.3 is 6.03 Å². The molecule has 0 aliphatic heterocycles. The zero-order chi connectivity index (χ0) is 19.4. The molecule has 27 heavy (non-hydrogen) atoms. The Kier molecular flexibility index (Phi) is 6.22. The lowest BCUT2D eigenvalue weighted by Gasteiger charge is -2.17. The van der Waals surface area contributed by atoms with E-state index in [2.05, 4.69) is 28.0 Å². The molecule has 2 aliphatic carbocycles. The number of aryl methyl sites for hydroxylation is 2. The maximum Gasteiger partial charge on any atom is 0.332 e. The Morgan fingerprint density at radius 1 is 1.11 bits per heavy atom. The lowest BCUT2D eigenvalue weighted by Crippen LogP contribution is -2.37. The molecule has 0 saturated heterocycles. The van der Waals surface area contributed by atoms with Crippen LogP contribution in [0.1, 0.15) is 48.4 Å². The first kappa shape index (κ1) is 19.9. The van der Waals surface area contributed by atoms with Crippen LogP contribution in [0, 0.1) is 0 Å². The molecule has 1 aromatic carbocycles. The lowest BCUT2D eigenvalue weighted by molar-refractivity contribution is 0.256. The van der Waals surface area contributed by atoms with Crippen molar-refractivity contribution < 1.29 is 13.2 Å². The average Bonchev–Trinajstić information content (AvgIpc) is 3.22. The molecule has 2 aliphatic rings. The third-order valence-electron chi connectivity index (χ3n) is 5.16. The quantitative estimate of drug-likeness (QED) is 0.470. The second kappa shape index (κ2) is 8.44. The molecule has 6 nitrogen and oxygen atoms in total. The summed E-state index contributed by atoms with van der Waals surface area (Å²) in [6, 6.07) is 1.59. The zero-order valence-electron chi connectivity index (χ0n) is 16.0. The summed E-state index contributed by atoms with van der Waals surface area (Å²) in [6.45, 7) is 7.05. The molecule has 0 unspecified atom stereocenters. The van der Waals surface area contributed by atoms with Crippen molar-refractivity contribution >= 4 is 21.7 Å². The molecule has 0 atom stereocenters. The fourth-order valence-electron chi connectivity index (χ4n) is 4.05. The molecule has 0 saturated carbocycles. The molecule has 148 valence electrons. The van der Waals surface area contributed by atoms with E-state index >= 15 is 0 Å². The van der Waals surface area contributed by atoms with E-state index in [1.54, 1.807) is 0 Å². The first-order chi connectivity index (χ1) is 12.9. The standard InChI is InChI=1S/C20H29N3O3S/c1-3-10-21-12-14(2)13-27(25,26)23-20(24)22-19-17-8-4-6-15(17)11-16-7-5-9-18(16)19/h11,21H,2-10,12-13H2,1H3,(H2,22,23,24). The summed E-state index contributed by atoms with van der Waals surface area (Å²) < 4.78 is 26.7. The minimum absolute atomic E-state index is 0.262. The Morgan fingerprint density at radius 3 is 2.33 bits per heavy atom. The predicted octanol–water partition coefficient (Wildman–Crippen LogP) is 2.67. The van der Waals surface area contributed by atoms with Crippen molar-refractivity contribution in [1.29, 1.82) is 0 Å². The van der Waals surface area contributed by atoms with Crippen molar-refractivity contribution in [2.24, 2.45) is 0 Å². The number of benzene rings is 1. The number of carbonyl (C=O) groups excluding carboxylic acids is 1. The van der Waals surface area contributed by atoms with Gasteiger partial charge < -0.3 is 10.6 Å². The molecule has 0 fully saturated rings. The molecule has 1 aromatic rings. The van der Waals surface area contributed by atoms with Gasteiger partial charge in [0.1, 0.15) is 0 Å². The zero-order valence-corrected chi connectivity index (χ0v) is 16.8. The van der Waals surface area contributed by atoms with E-state index < -0.39 is 16.1 Å². The van der Waals surface area contributed by atoms with Gasteiger partial charge in [-0.2, -0.15) is 0 Å². The molecule has 7 heteroatoms. The van der Waals surface area contributed by atoms with Gasteiger partial charge in [-0.15, -0.1) is 0 Å². The van der Waals surface area contributed by atoms with Crippen molar-refractivity contribution in [2.45, 2.75) is 51.9 Å². The molecule has 0 radical (unpaired) electrons. The third-order valence-corrected chi connectivity index (χ3v) is 6.44. The lowest BCUT2D eigenvalue weighted by atomic mass is 9.99. The van der Waals surface area contributed by atoms with Crippen LogP contribution in [0.15, 0.2) is 18.2 Å². The monoisotopic (exact) mass is 391 g/mol. The van der Waals surface area contributed by atoms with Crippen molar-refractivity contribution in [2.75, 3.05) is 24.2 Å². The number of rotatable bonds is 8. The van der Waals surface area contributed by atoms with Gasteiger partial charge in [-0.05, 0) is 79.3 Å². The Labute approximate surface area is 161 Å². The molecule has 2 amide bonds. The number of hydrogen-bond donors (Lipinski definition) is 3. The molecule has 0 aromatic heterocycles. The minimum atomic E-state index is -3.77. The van der Waals surface area contributed by atoms with Gasteiger partial charge in [0.05, 0.1) is 5.75 Å². The first-order valence-corrected chi connectivity index (χ1v) is 11.4. The van der Waals surface area contributed by atoms with Crippen LogP contribution in [0.2, 0.25) is 0 Å². The normalized spacial score (nSPS) is 15.3. The Hall–Kier alpha value is -1.86. The number of urea groups is 1. The summed E-state index contributed by atoms with van der Waals surface area (Å²) in [5.74, 6) is -0.262. The van der Waals surface area contributed by atoms with E-state index in [1.165, 1.54) is 22.3 Å². The van der Waals surface area contributed by atoms with Gasteiger partial charge in [0.2, 0.25) is 10.0 Å². The fraction of sp³-hybridized carbons (Fsp3) is 0.550. The van der Waals surface area contributed by atoms with Crippen LogP contribution >= 0.6 is 0 Å². The van der Waals surface area contributed by atoms with E-state index in [0.29, 0.717) is 12.1 Å². The molecule has 0 spiro atoms. The number of sulfonamides is 1. The van der Waals surface area contributed by atoms with Crippen LogP contribution in [0.25, 0.3) is 0 Å². The third kappa shape index (κ3) is 4.90. The van der Waals surface area contributed by atoms with Gasteiger partial charge in [-0.1, -0.05) is 19.6 Å². The van der Waals surface area contributed by atoms with Gasteiger partial charge in [0, 0.05) is 12.2 Å². The number of carbonyl (C=O) groups is 1. The van der Waals surface area contributed by atoms with Crippen LogP contribution in [-0.2, 0) is 35.7 Å². The number of hydrogen-bond acceptors (Lipinski definition) is 4. The van der Waals surface area contributed by atoms with Crippen molar-refractivity contribution in [3.63, 3.8) is 0 Å². The van der Waals surface area contributed by atoms with E-state index in [-0.39, 0.29) is 5.75 Å². The van der Waals surface area contributed by atoms with Crippen LogP contribution < -0.4 is 15.4 Å². The van der Waals surface area contributed by atoms with Crippen LogP contribution in [0.5, 0.6) is 0 Å². The van der Waals surface area contributed by atoms with Gasteiger partial charge in [-0.3, -0.25) is 0 Å². The van der Waals surface area contributed by atoms with E-state index in [0.717, 1.165) is 57.2 Å². The molecule has 3 N–H and O–H groups in total. The number of nitrogens with one attached hydrogen (secondary N) is 3. The van der Waals surface area contributed by atoms with Crippen LogP contribution in [-0.4, -0.2) is 33.3 Å². The van der Waals surface area contributed by atoms with Gasteiger partial charge in [0.25, 0.3) is 0 Å². The Balaban J connectivity index is 1.66.